The zero-order chi connectivity index (χ0) is 9.84. The average Bonchev–Trinajstić information content (AvgIpc) is 2.63. The van der Waals surface area contributed by atoms with Crippen molar-refractivity contribution in [2.75, 3.05) is 19.5 Å². The van der Waals surface area contributed by atoms with Crippen molar-refractivity contribution >= 4 is 23.5 Å². The molecule has 1 fully saturated rings. The lowest BCUT2D eigenvalue weighted by Gasteiger charge is -2.20. The molecule has 0 aromatic heterocycles. The molecule has 0 aromatic carbocycles. The van der Waals surface area contributed by atoms with Crippen LogP contribution in [0.25, 0.3) is 0 Å². The maximum atomic E-state index is 11.3. The van der Waals surface area contributed by atoms with Gasteiger partial charge in [-0.3, -0.25) is 9.69 Å². The van der Waals surface area contributed by atoms with E-state index in [-0.39, 0.29) is 17.7 Å². The summed E-state index contributed by atoms with van der Waals surface area (Å²) >= 11 is 5.42. The van der Waals surface area contributed by atoms with Crippen molar-refractivity contribution in [2.45, 2.75) is 18.9 Å². The summed E-state index contributed by atoms with van der Waals surface area (Å²) in [5, 5.41) is 0. The Morgan fingerprint density at radius 2 is 2.31 bits per heavy atom. The van der Waals surface area contributed by atoms with Crippen molar-refractivity contribution in [1.29, 1.82) is 0 Å². The topological polar surface area (TPSA) is 46.6 Å². The molecule has 0 spiro atoms. The molecule has 74 valence electrons. The summed E-state index contributed by atoms with van der Waals surface area (Å²) in [5.41, 5.74) is 0. The number of amides is 1. The largest absolute Gasteiger partial charge is 0.453 e. The number of nitrogens with zero attached hydrogens (tertiary/aromatic N) is 1. The lowest BCUT2D eigenvalue weighted by Crippen LogP contribution is -2.40. The second kappa shape index (κ2) is 4.46. The Labute approximate surface area is 81.8 Å². The predicted molar refractivity (Wildman–Crippen MR) is 47.9 cm³/mol. The van der Waals surface area contributed by atoms with Crippen molar-refractivity contribution in [3.8, 4) is 0 Å². The van der Waals surface area contributed by atoms with Crippen LogP contribution in [0.5, 0.6) is 0 Å². The van der Waals surface area contributed by atoms with Gasteiger partial charge in [0, 0.05) is 6.54 Å². The first-order valence-corrected chi connectivity index (χ1v) is 4.67. The highest BCUT2D eigenvalue weighted by Crippen LogP contribution is 2.19. The number of hydrogen-bond donors (Lipinski definition) is 0. The van der Waals surface area contributed by atoms with E-state index in [1.165, 1.54) is 12.0 Å². The van der Waals surface area contributed by atoms with Gasteiger partial charge in [-0.05, 0) is 12.8 Å². The van der Waals surface area contributed by atoms with Gasteiger partial charge < -0.3 is 4.74 Å². The number of ether oxygens (including phenoxy) is 1. The van der Waals surface area contributed by atoms with Crippen LogP contribution in [-0.4, -0.2) is 42.4 Å². The van der Waals surface area contributed by atoms with Crippen LogP contribution in [0, 0.1) is 0 Å². The Morgan fingerprint density at radius 1 is 1.62 bits per heavy atom. The molecule has 1 aliphatic rings. The third kappa shape index (κ3) is 2.12. The second-order valence-corrected chi connectivity index (χ2v) is 3.19. The van der Waals surface area contributed by atoms with E-state index in [4.69, 9.17) is 11.6 Å². The van der Waals surface area contributed by atoms with Gasteiger partial charge in [-0.25, -0.2) is 4.79 Å². The van der Waals surface area contributed by atoms with E-state index >= 15 is 0 Å². The molecule has 5 heteroatoms. The van der Waals surface area contributed by atoms with Crippen LogP contribution in [0.4, 0.5) is 4.79 Å². The van der Waals surface area contributed by atoms with Crippen LogP contribution in [0.2, 0.25) is 0 Å². The van der Waals surface area contributed by atoms with Crippen LogP contribution in [0.3, 0.4) is 0 Å². The Balaban J connectivity index is 2.63. The predicted octanol–water partition coefficient (Wildman–Crippen LogP) is 1.03. The average molecular weight is 206 g/mol. The smallest absolute Gasteiger partial charge is 0.410 e. The summed E-state index contributed by atoms with van der Waals surface area (Å²) in [4.78, 5) is 23.9. The second-order valence-electron chi connectivity index (χ2n) is 2.92. The fourth-order valence-corrected chi connectivity index (χ4v) is 1.70. The van der Waals surface area contributed by atoms with E-state index in [0.717, 1.165) is 6.42 Å². The van der Waals surface area contributed by atoms with E-state index in [2.05, 4.69) is 4.74 Å². The molecule has 0 radical (unpaired) electrons. The van der Waals surface area contributed by atoms with Crippen LogP contribution >= 0.6 is 11.6 Å². The summed E-state index contributed by atoms with van der Waals surface area (Å²) in [6, 6.07) is -0.370. The number of alkyl halides is 1. The maximum Gasteiger partial charge on any atom is 0.410 e. The van der Waals surface area contributed by atoms with Gasteiger partial charge in [-0.1, -0.05) is 0 Å². The summed E-state index contributed by atoms with van der Waals surface area (Å²) in [5.74, 6) is -0.150. The van der Waals surface area contributed by atoms with E-state index < -0.39 is 6.09 Å². The normalized spacial score (nSPS) is 21.7. The third-order valence-electron chi connectivity index (χ3n) is 2.17. The first kappa shape index (κ1) is 10.3. The number of hydrogen-bond acceptors (Lipinski definition) is 3. The number of ketones is 1. The van der Waals surface area contributed by atoms with Crippen LogP contribution < -0.4 is 0 Å². The van der Waals surface area contributed by atoms with Crippen LogP contribution in [0.1, 0.15) is 12.8 Å². The molecule has 13 heavy (non-hydrogen) atoms. The van der Waals surface area contributed by atoms with Gasteiger partial charge in [0.1, 0.15) is 0 Å². The molecule has 1 atom stereocenters. The first-order chi connectivity index (χ1) is 6.20. The number of methoxy groups -OCH3 is 1. The molecule has 1 heterocycles. The van der Waals surface area contributed by atoms with E-state index in [1.54, 1.807) is 0 Å². The molecule has 0 saturated carbocycles. The zero-order valence-corrected chi connectivity index (χ0v) is 8.21. The molecule has 1 amide bonds. The van der Waals surface area contributed by atoms with Gasteiger partial charge in [0.25, 0.3) is 0 Å². The lowest BCUT2D eigenvalue weighted by atomic mass is 10.1. The van der Waals surface area contributed by atoms with E-state index in [9.17, 15) is 9.59 Å². The maximum absolute atomic E-state index is 11.3. The molecule has 0 aliphatic carbocycles. The molecule has 1 unspecified atom stereocenters. The highest BCUT2D eigenvalue weighted by atomic mass is 35.5. The van der Waals surface area contributed by atoms with Crippen LogP contribution in [-0.2, 0) is 9.53 Å². The summed E-state index contributed by atoms with van der Waals surface area (Å²) < 4.78 is 4.55. The van der Waals surface area contributed by atoms with Crippen molar-refractivity contribution in [1.82, 2.24) is 4.90 Å². The molecular formula is C8H12ClNO3. The molecule has 0 N–H and O–H groups in total. The van der Waals surface area contributed by atoms with Crippen molar-refractivity contribution in [3.05, 3.63) is 0 Å². The fourth-order valence-electron chi connectivity index (χ4n) is 1.53. The fraction of sp³-hybridized carbons (Fsp3) is 0.750. The minimum atomic E-state index is -0.444. The van der Waals surface area contributed by atoms with Gasteiger partial charge in [0.05, 0.1) is 19.0 Å². The quantitative estimate of drug-likeness (QED) is 0.633. The molecule has 0 bridgehead atoms. The minimum Gasteiger partial charge on any atom is -0.453 e. The molecule has 0 aromatic rings. The van der Waals surface area contributed by atoms with Gasteiger partial charge in [-0.2, -0.15) is 0 Å². The molecule has 1 aliphatic heterocycles. The lowest BCUT2D eigenvalue weighted by molar-refractivity contribution is -0.120. The number of Topliss-reactive ketones (excluding diaryl/α,β-unsaturated/α-hetero) is 1. The van der Waals surface area contributed by atoms with Gasteiger partial charge in [0.15, 0.2) is 5.78 Å². The highest BCUT2D eigenvalue weighted by Gasteiger charge is 2.33. The number of likely N-dealkylation sites (tertiary alicyclic amines) is 1. The number of carbonyl (C=O) groups excluding carboxylic acids is 2. The number of carbonyl (C=O) groups is 2. The number of halogens is 1. The Bertz CT molecular complexity index is 197. The third-order valence-corrected chi connectivity index (χ3v) is 2.43. The Morgan fingerprint density at radius 3 is 2.85 bits per heavy atom. The monoisotopic (exact) mass is 205 g/mol. The highest BCUT2D eigenvalue weighted by molar-refractivity contribution is 6.28. The summed E-state index contributed by atoms with van der Waals surface area (Å²) in [6.07, 6.45) is 1.09. The van der Waals surface area contributed by atoms with E-state index in [0.29, 0.717) is 13.0 Å². The van der Waals surface area contributed by atoms with Gasteiger partial charge >= 0.3 is 6.09 Å². The molecule has 1 saturated heterocycles. The molecule has 4 nitrogen and oxygen atoms in total. The first-order valence-electron chi connectivity index (χ1n) is 4.14. The van der Waals surface area contributed by atoms with Crippen molar-refractivity contribution in [3.63, 3.8) is 0 Å². The molecule has 1 rings (SSSR count). The van der Waals surface area contributed by atoms with Crippen molar-refractivity contribution in [2.24, 2.45) is 0 Å². The van der Waals surface area contributed by atoms with Gasteiger partial charge in [-0.15, -0.1) is 11.6 Å². The molecular weight excluding hydrogens is 194 g/mol. The standard InChI is InChI=1S/C8H12ClNO3/c1-13-8(12)10-4-2-3-6(10)7(11)5-9/h6H,2-5H2,1H3. The minimum absolute atomic E-state index is 0.0435. The zero-order valence-electron chi connectivity index (χ0n) is 7.46. The SMILES string of the molecule is COC(=O)N1CCCC1C(=O)CCl. The Hall–Kier alpha value is -0.770. The van der Waals surface area contributed by atoms with E-state index in [1.807, 2.05) is 0 Å². The Kier molecular flexibility index (Phi) is 3.54. The van der Waals surface area contributed by atoms with Gasteiger partial charge in [0.2, 0.25) is 0 Å². The summed E-state index contributed by atoms with van der Waals surface area (Å²) in [6.45, 7) is 0.583. The van der Waals surface area contributed by atoms with Crippen LogP contribution in [0.15, 0.2) is 0 Å². The number of rotatable bonds is 2. The van der Waals surface area contributed by atoms with Crippen molar-refractivity contribution < 1.29 is 14.3 Å². The summed E-state index contributed by atoms with van der Waals surface area (Å²) in [7, 11) is 1.31.